The lowest BCUT2D eigenvalue weighted by Crippen LogP contribution is -2.19. The molecule has 6 heteroatoms. The molecule has 1 aliphatic carbocycles. The van der Waals surface area contributed by atoms with E-state index in [1.165, 1.54) is 0 Å². The van der Waals surface area contributed by atoms with Crippen molar-refractivity contribution in [2.75, 3.05) is 13.7 Å². The molecule has 0 heterocycles. The summed E-state index contributed by atoms with van der Waals surface area (Å²) in [5.74, 6) is 1.09. The highest BCUT2D eigenvalue weighted by Gasteiger charge is 2.26. The zero-order valence-electron chi connectivity index (χ0n) is 16.0. The number of carbonyl (C=O) groups is 1. The fraction of sp³-hybridized carbons (Fsp3) is 0.364. The number of ether oxygens (including phenoxy) is 2. The van der Waals surface area contributed by atoms with E-state index in [0.717, 1.165) is 35.5 Å². The lowest BCUT2D eigenvalue weighted by molar-refractivity contribution is -0.137. The van der Waals surface area contributed by atoms with Crippen LogP contribution in [0.25, 0.3) is 0 Å². The number of carboxylic acids is 1. The number of hydrogen-bond acceptors (Lipinski definition) is 5. The van der Waals surface area contributed by atoms with Crippen molar-refractivity contribution in [2.24, 2.45) is 5.92 Å². The second-order valence-corrected chi connectivity index (χ2v) is 7.03. The Bertz CT molecular complexity index is 798. The van der Waals surface area contributed by atoms with Gasteiger partial charge in [-0.15, -0.1) is 0 Å². The molecule has 0 bridgehead atoms. The van der Waals surface area contributed by atoms with Crippen molar-refractivity contribution in [3.8, 4) is 11.5 Å². The van der Waals surface area contributed by atoms with Crippen molar-refractivity contribution in [1.82, 2.24) is 5.32 Å². The van der Waals surface area contributed by atoms with Crippen LogP contribution in [0.2, 0.25) is 0 Å². The number of carboxylic acid groups (broad SMARTS) is 1. The number of nitrogens with one attached hydrogen (secondary N) is 2. The van der Waals surface area contributed by atoms with Crippen molar-refractivity contribution in [2.45, 2.75) is 31.9 Å². The molecule has 3 rings (SSSR count). The molecule has 1 saturated carbocycles. The molecule has 0 spiro atoms. The minimum atomic E-state index is -0.837. The maximum Gasteiger partial charge on any atom is 0.305 e. The number of hydrogen-bond donors (Lipinski definition) is 3. The van der Waals surface area contributed by atoms with E-state index in [1.807, 2.05) is 48.5 Å². The Kier molecular flexibility index (Phi) is 6.66. The van der Waals surface area contributed by atoms with Crippen molar-refractivity contribution < 1.29 is 19.4 Å². The first-order chi connectivity index (χ1) is 13.5. The van der Waals surface area contributed by atoms with Gasteiger partial charge < -0.3 is 25.3 Å². The van der Waals surface area contributed by atoms with Gasteiger partial charge in [0, 0.05) is 17.7 Å². The van der Waals surface area contributed by atoms with E-state index in [1.54, 1.807) is 7.05 Å². The van der Waals surface area contributed by atoms with Crippen LogP contribution in [0, 0.1) is 11.3 Å². The summed E-state index contributed by atoms with van der Waals surface area (Å²) in [6.07, 6.45) is 2.27. The summed E-state index contributed by atoms with van der Waals surface area (Å²) in [7, 11) is 1.75. The van der Waals surface area contributed by atoms with E-state index < -0.39 is 5.97 Å². The van der Waals surface area contributed by atoms with E-state index in [0.29, 0.717) is 24.8 Å². The Labute approximate surface area is 165 Å². The van der Waals surface area contributed by atoms with Crippen LogP contribution in [-0.2, 0) is 11.4 Å². The second-order valence-electron chi connectivity index (χ2n) is 7.03. The minimum Gasteiger partial charge on any atom is -0.489 e. The monoisotopic (exact) mass is 382 g/mol. The lowest BCUT2D eigenvalue weighted by Gasteiger charge is -2.15. The van der Waals surface area contributed by atoms with Gasteiger partial charge in [0.1, 0.15) is 24.7 Å². The SMILES string of the molecule is CNC(CC(=O)O)c1ccc(OCc2ccc(OCC(=N)C3CC3)cc2)cc1. The average Bonchev–Trinajstić information content (AvgIpc) is 3.55. The summed E-state index contributed by atoms with van der Waals surface area (Å²) in [5.41, 5.74) is 2.61. The van der Waals surface area contributed by atoms with Gasteiger partial charge in [-0.25, -0.2) is 0 Å². The predicted molar refractivity (Wildman–Crippen MR) is 107 cm³/mol. The molecular formula is C22H26N2O4. The van der Waals surface area contributed by atoms with Gasteiger partial charge in [-0.1, -0.05) is 24.3 Å². The Morgan fingerprint density at radius 3 is 2.29 bits per heavy atom. The van der Waals surface area contributed by atoms with Gasteiger partial charge in [0.2, 0.25) is 0 Å². The first-order valence-corrected chi connectivity index (χ1v) is 9.46. The molecule has 0 radical (unpaired) electrons. The van der Waals surface area contributed by atoms with Crippen LogP contribution >= 0.6 is 0 Å². The Morgan fingerprint density at radius 1 is 1.11 bits per heavy atom. The molecule has 2 aromatic carbocycles. The summed E-state index contributed by atoms with van der Waals surface area (Å²) < 4.78 is 11.5. The highest BCUT2D eigenvalue weighted by molar-refractivity contribution is 5.87. The Morgan fingerprint density at radius 2 is 1.71 bits per heavy atom. The van der Waals surface area contributed by atoms with Gasteiger partial charge in [-0.3, -0.25) is 4.79 Å². The molecule has 6 nitrogen and oxygen atoms in total. The maximum absolute atomic E-state index is 10.9. The number of aliphatic carboxylic acids is 1. The minimum absolute atomic E-state index is 0.0330. The molecule has 2 aromatic rings. The molecule has 0 aliphatic heterocycles. The summed E-state index contributed by atoms with van der Waals surface area (Å²) in [6.45, 7) is 0.796. The molecule has 0 aromatic heterocycles. The van der Waals surface area contributed by atoms with Gasteiger partial charge in [0.15, 0.2) is 0 Å². The van der Waals surface area contributed by atoms with Crippen LogP contribution in [-0.4, -0.2) is 30.4 Å². The van der Waals surface area contributed by atoms with Crippen LogP contribution in [0.3, 0.4) is 0 Å². The third-order valence-electron chi connectivity index (χ3n) is 4.80. The Balaban J connectivity index is 1.48. The van der Waals surface area contributed by atoms with Crippen LogP contribution in [0.15, 0.2) is 48.5 Å². The molecule has 1 unspecified atom stereocenters. The topological polar surface area (TPSA) is 91.6 Å². The van der Waals surface area contributed by atoms with Gasteiger partial charge >= 0.3 is 5.97 Å². The Hall–Kier alpha value is -2.86. The first-order valence-electron chi connectivity index (χ1n) is 9.46. The third kappa shape index (κ3) is 5.82. The zero-order chi connectivity index (χ0) is 19.9. The third-order valence-corrected chi connectivity index (χ3v) is 4.80. The maximum atomic E-state index is 10.9. The summed E-state index contributed by atoms with van der Waals surface area (Å²) in [6, 6.07) is 14.9. The van der Waals surface area contributed by atoms with Crippen LogP contribution in [0.1, 0.15) is 36.4 Å². The normalized spacial score (nSPS) is 14.3. The smallest absolute Gasteiger partial charge is 0.305 e. The van der Waals surface area contributed by atoms with E-state index in [-0.39, 0.29) is 12.5 Å². The molecule has 1 atom stereocenters. The first kappa shape index (κ1) is 19.9. The second kappa shape index (κ2) is 9.37. The number of rotatable bonds is 11. The summed E-state index contributed by atoms with van der Waals surface area (Å²) >= 11 is 0. The summed E-state index contributed by atoms with van der Waals surface area (Å²) in [4.78, 5) is 10.9. The molecule has 28 heavy (non-hydrogen) atoms. The van der Waals surface area contributed by atoms with Crippen molar-refractivity contribution >= 4 is 11.7 Å². The summed E-state index contributed by atoms with van der Waals surface area (Å²) in [5, 5.41) is 19.8. The van der Waals surface area contributed by atoms with Crippen LogP contribution in [0.5, 0.6) is 11.5 Å². The van der Waals surface area contributed by atoms with Gasteiger partial charge in [-0.2, -0.15) is 0 Å². The van der Waals surface area contributed by atoms with E-state index in [4.69, 9.17) is 20.0 Å². The van der Waals surface area contributed by atoms with Crippen molar-refractivity contribution in [3.63, 3.8) is 0 Å². The van der Waals surface area contributed by atoms with Crippen molar-refractivity contribution in [3.05, 3.63) is 59.7 Å². The quantitative estimate of drug-likeness (QED) is 0.514. The highest BCUT2D eigenvalue weighted by Crippen LogP contribution is 2.30. The average molecular weight is 382 g/mol. The molecule has 0 amide bonds. The molecule has 1 fully saturated rings. The zero-order valence-corrected chi connectivity index (χ0v) is 16.0. The fourth-order valence-electron chi connectivity index (χ4n) is 2.92. The molecule has 3 N–H and O–H groups in total. The molecule has 1 aliphatic rings. The molecule has 0 saturated heterocycles. The fourth-order valence-corrected chi connectivity index (χ4v) is 2.92. The lowest BCUT2D eigenvalue weighted by atomic mass is 10.0. The van der Waals surface area contributed by atoms with E-state index in [2.05, 4.69) is 5.32 Å². The highest BCUT2D eigenvalue weighted by atomic mass is 16.5. The standard InChI is InChI=1S/C22H26N2O4/c1-24-21(12-22(25)26)17-6-10-19(11-7-17)27-13-15-2-8-18(9-3-15)28-14-20(23)16-4-5-16/h2-3,6-11,16,21,23-24H,4-5,12-14H2,1H3,(H,25,26). The molecular weight excluding hydrogens is 356 g/mol. The van der Waals surface area contributed by atoms with Gasteiger partial charge in [0.05, 0.1) is 6.42 Å². The largest absolute Gasteiger partial charge is 0.489 e. The van der Waals surface area contributed by atoms with Gasteiger partial charge in [0.25, 0.3) is 0 Å². The van der Waals surface area contributed by atoms with Crippen LogP contribution in [0.4, 0.5) is 0 Å². The molecule has 148 valence electrons. The van der Waals surface area contributed by atoms with Crippen molar-refractivity contribution in [1.29, 1.82) is 5.41 Å². The van der Waals surface area contributed by atoms with E-state index >= 15 is 0 Å². The van der Waals surface area contributed by atoms with Gasteiger partial charge in [-0.05, 0) is 55.3 Å². The van der Waals surface area contributed by atoms with E-state index in [9.17, 15) is 4.79 Å². The predicted octanol–water partition coefficient (Wildman–Crippen LogP) is 3.81. The number of benzene rings is 2. The van der Waals surface area contributed by atoms with Crippen LogP contribution < -0.4 is 14.8 Å².